The zero-order chi connectivity index (χ0) is 11.7. The molecule has 0 heterocycles. The highest BCUT2D eigenvalue weighted by molar-refractivity contribution is 5.78. The van der Waals surface area contributed by atoms with Gasteiger partial charge in [-0.1, -0.05) is 13.8 Å². The minimum atomic E-state index is -0.301. The quantitative estimate of drug-likeness (QED) is 0.557. The SMILES string of the molecule is CCC(O)CCNC(=O)C(C)CCCN. The molecule has 0 aliphatic carbocycles. The summed E-state index contributed by atoms with van der Waals surface area (Å²) in [6, 6.07) is 0. The Morgan fingerprint density at radius 3 is 2.67 bits per heavy atom. The second-order valence-corrected chi connectivity index (χ2v) is 3.97. The first-order valence-electron chi connectivity index (χ1n) is 5.77. The fourth-order valence-corrected chi connectivity index (χ4v) is 1.30. The minimum absolute atomic E-state index is 0.0207. The van der Waals surface area contributed by atoms with Gasteiger partial charge < -0.3 is 16.2 Å². The molecule has 0 spiro atoms. The number of amides is 1. The summed E-state index contributed by atoms with van der Waals surface area (Å²) >= 11 is 0. The van der Waals surface area contributed by atoms with Crippen molar-refractivity contribution in [1.29, 1.82) is 0 Å². The Morgan fingerprint density at radius 1 is 1.47 bits per heavy atom. The fraction of sp³-hybridized carbons (Fsp3) is 0.909. The molecule has 4 heteroatoms. The van der Waals surface area contributed by atoms with Crippen LogP contribution in [0.2, 0.25) is 0 Å². The van der Waals surface area contributed by atoms with Crippen LogP contribution < -0.4 is 11.1 Å². The zero-order valence-electron chi connectivity index (χ0n) is 9.83. The number of carbonyl (C=O) groups is 1. The van der Waals surface area contributed by atoms with E-state index >= 15 is 0 Å². The Bertz CT molecular complexity index is 174. The van der Waals surface area contributed by atoms with Gasteiger partial charge in [0, 0.05) is 12.5 Å². The molecule has 0 bridgehead atoms. The lowest BCUT2D eigenvalue weighted by Crippen LogP contribution is -2.31. The maximum absolute atomic E-state index is 11.5. The summed E-state index contributed by atoms with van der Waals surface area (Å²) in [5.41, 5.74) is 5.37. The lowest BCUT2D eigenvalue weighted by molar-refractivity contribution is -0.124. The standard InChI is InChI=1S/C11H24N2O2/c1-3-10(14)6-8-13-11(15)9(2)5-4-7-12/h9-10,14H,3-8,12H2,1-2H3,(H,13,15). The van der Waals surface area contributed by atoms with Gasteiger partial charge in [-0.25, -0.2) is 0 Å². The normalized spacial score (nSPS) is 14.7. The van der Waals surface area contributed by atoms with Crippen LogP contribution in [0.3, 0.4) is 0 Å². The van der Waals surface area contributed by atoms with E-state index in [0.717, 1.165) is 19.3 Å². The van der Waals surface area contributed by atoms with Gasteiger partial charge >= 0.3 is 0 Å². The first-order chi connectivity index (χ1) is 7.11. The van der Waals surface area contributed by atoms with Gasteiger partial charge in [0.05, 0.1) is 6.10 Å². The summed E-state index contributed by atoms with van der Waals surface area (Å²) in [6.45, 7) is 5.02. The van der Waals surface area contributed by atoms with Gasteiger partial charge in [-0.2, -0.15) is 0 Å². The number of hydrogen-bond donors (Lipinski definition) is 3. The van der Waals surface area contributed by atoms with E-state index in [4.69, 9.17) is 5.73 Å². The van der Waals surface area contributed by atoms with E-state index in [1.165, 1.54) is 0 Å². The van der Waals surface area contributed by atoms with Crippen molar-refractivity contribution in [1.82, 2.24) is 5.32 Å². The average molecular weight is 216 g/mol. The van der Waals surface area contributed by atoms with E-state index in [2.05, 4.69) is 5.32 Å². The van der Waals surface area contributed by atoms with Crippen LogP contribution in [0.15, 0.2) is 0 Å². The summed E-state index contributed by atoms with van der Waals surface area (Å²) in [4.78, 5) is 11.5. The Labute approximate surface area is 92.2 Å². The summed E-state index contributed by atoms with van der Waals surface area (Å²) < 4.78 is 0. The maximum Gasteiger partial charge on any atom is 0.222 e. The fourth-order valence-electron chi connectivity index (χ4n) is 1.30. The molecule has 0 fully saturated rings. The van der Waals surface area contributed by atoms with Crippen molar-refractivity contribution in [2.24, 2.45) is 11.7 Å². The number of aliphatic hydroxyl groups excluding tert-OH is 1. The molecule has 2 atom stereocenters. The van der Waals surface area contributed by atoms with E-state index in [0.29, 0.717) is 19.5 Å². The van der Waals surface area contributed by atoms with Crippen molar-refractivity contribution in [2.45, 2.75) is 45.6 Å². The lowest BCUT2D eigenvalue weighted by atomic mass is 10.0. The lowest BCUT2D eigenvalue weighted by Gasteiger charge is -2.13. The molecule has 1 amide bonds. The van der Waals surface area contributed by atoms with E-state index in [1.807, 2.05) is 13.8 Å². The molecule has 0 aromatic rings. The van der Waals surface area contributed by atoms with Gasteiger partial charge in [-0.15, -0.1) is 0 Å². The Morgan fingerprint density at radius 2 is 2.13 bits per heavy atom. The summed E-state index contributed by atoms with van der Waals surface area (Å²) in [5.74, 6) is 0.0825. The van der Waals surface area contributed by atoms with Crippen molar-refractivity contribution < 1.29 is 9.90 Å². The number of hydrogen-bond acceptors (Lipinski definition) is 3. The number of aliphatic hydroxyl groups is 1. The Hall–Kier alpha value is -0.610. The van der Waals surface area contributed by atoms with Gasteiger partial charge in [-0.3, -0.25) is 4.79 Å². The molecule has 4 nitrogen and oxygen atoms in total. The smallest absolute Gasteiger partial charge is 0.222 e. The third-order valence-corrected chi connectivity index (χ3v) is 2.54. The number of carbonyl (C=O) groups excluding carboxylic acids is 1. The molecule has 0 radical (unpaired) electrons. The molecule has 0 aliphatic heterocycles. The van der Waals surface area contributed by atoms with Crippen molar-refractivity contribution in [3.05, 3.63) is 0 Å². The predicted molar refractivity (Wildman–Crippen MR) is 61.4 cm³/mol. The molecular formula is C11H24N2O2. The Balaban J connectivity index is 3.55. The molecule has 2 unspecified atom stereocenters. The number of nitrogens with one attached hydrogen (secondary N) is 1. The van der Waals surface area contributed by atoms with Crippen LogP contribution in [0.25, 0.3) is 0 Å². The van der Waals surface area contributed by atoms with Crippen LogP contribution in [0.5, 0.6) is 0 Å². The first-order valence-corrected chi connectivity index (χ1v) is 5.77. The van der Waals surface area contributed by atoms with Crippen LogP contribution in [-0.4, -0.2) is 30.2 Å². The van der Waals surface area contributed by atoms with Crippen molar-refractivity contribution in [3.8, 4) is 0 Å². The zero-order valence-corrected chi connectivity index (χ0v) is 9.83. The molecule has 0 aromatic heterocycles. The van der Waals surface area contributed by atoms with Gasteiger partial charge in [-0.05, 0) is 32.2 Å². The van der Waals surface area contributed by atoms with E-state index < -0.39 is 0 Å². The highest BCUT2D eigenvalue weighted by atomic mass is 16.3. The number of nitrogens with two attached hydrogens (primary N) is 1. The maximum atomic E-state index is 11.5. The monoisotopic (exact) mass is 216 g/mol. The molecule has 0 saturated carbocycles. The van der Waals surface area contributed by atoms with Gasteiger partial charge in [0.15, 0.2) is 0 Å². The number of rotatable bonds is 8. The van der Waals surface area contributed by atoms with Crippen LogP contribution in [0.4, 0.5) is 0 Å². The van der Waals surface area contributed by atoms with Gasteiger partial charge in [0.1, 0.15) is 0 Å². The van der Waals surface area contributed by atoms with E-state index in [9.17, 15) is 9.90 Å². The van der Waals surface area contributed by atoms with Crippen LogP contribution in [0.1, 0.15) is 39.5 Å². The van der Waals surface area contributed by atoms with E-state index in [-0.39, 0.29) is 17.9 Å². The van der Waals surface area contributed by atoms with Crippen LogP contribution >= 0.6 is 0 Å². The van der Waals surface area contributed by atoms with Crippen LogP contribution in [-0.2, 0) is 4.79 Å². The molecule has 0 aliphatic rings. The third-order valence-electron chi connectivity index (χ3n) is 2.54. The predicted octanol–water partition coefficient (Wildman–Crippen LogP) is 0.639. The molecule has 0 saturated heterocycles. The van der Waals surface area contributed by atoms with Crippen molar-refractivity contribution in [2.75, 3.05) is 13.1 Å². The highest BCUT2D eigenvalue weighted by Gasteiger charge is 2.11. The van der Waals surface area contributed by atoms with Crippen LogP contribution in [0, 0.1) is 5.92 Å². The minimum Gasteiger partial charge on any atom is -0.393 e. The molecular weight excluding hydrogens is 192 g/mol. The van der Waals surface area contributed by atoms with Crippen molar-refractivity contribution >= 4 is 5.91 Å². The van der Waals surface area contributed by atoms with Gasteiger partial charge in [0.2, 0.25) is 5.91 Å². The molecule has 15 heavy (non-hydrogen) atoms. The molecule has 0 aromatic carbocycles. The summed E-state index contributed by atoms with van der Waals surface area (Å²) in [7, 11) is 0. The Kier molecular flexibility index (Phi) is 8.33. The molecule has 4 N–H and O–H groups in total. The van der Waals surface area contributed by atoms with Gasteiger partial charge in [0.25, 0.3) is 0 Å². The second-order valence-electron chi connectivity index (χ2n) is 3.97. The summed E-state index contributed by atoms with van der Waals surface area (Å²) in [5, 5.41) is 12.1. The average Bonchev–Trinajstić information content (AvgIpc) is 2.25. The second kappa shape index (κ2) is 8.68. The van der Waals surface area contributed by atoms with E-state index in [1.54, 1.807) is 0 Å². The van der Waals surface area contributed by atoms with Crippen molar-refractivity contribution in [3.63, 3.8) is 0 Å². The molecule has 90 valence electrons. The summed E-state index contributed by atoms with van der Waals surface area (Å²) in [6.07, 6.45) is 2.78. The highest BCUT2D eigenvalue weighted by Crippen LogP contribution is 2.04. The third kappa shape index (κ3) is 7.33. The molecule has 0 rings (SSSR count). The first kappa shape index (κ1) is 14.4. The topological polar surface area (TPSA) is 75.3 Å². The largest absolute Gasteiger partial charge is 0.393 e.